The summed E-state index contributed by atoms with van der Waals surface area (Å²) in [6.07, 6.45) is 4.00. The average Bonchev–Trinajstić information content (AvgIpc) is 3.26. The van der Waals surface area contributed by atoms with Gasteiger partial charge in [-0.3, -0.25) is 9.59 Å². The number of hydrogen-bond donors (Lipinski definition) is 1. The van der Waals surface area contributed by atoms with E-state index in [-0.39, 0.29) is 24.2 Å². The Balaban J connectivity index is 1.36. The van der Waals surface area contributed by atoms with Gasteiger partial charge >= 0.3 is 0 Å². The molecule has 2 aromatic heterocycles. The molecule has 0 saturated carbocycles. The number of likely N-dealkylation sites (tertiary alicyclic amines) is 1. The summed E-state index contributed by atoms with van der Waals surface area (Å²) < 4.78 is 1.99. The van der Waals surface area contributed by atoms with Crippen LogP contribution in [0.25, 0.3) is 5.65 Å². The third-order valence-electron chi connectivity index (χ3n) is 5.33. The predicted molar refractivity (Wildman–Crippen MR) is 106 cm³/mol. The largest absolute Gasteiger partial charge is 0.350 e. The minimum Gasteiger partial charge on any atom is -0.350 e. The monoisotopic (exact) mass is 376 g/mol. The van der Waals surface area contributed by atoms with E-state index in [0.29, 0.717) is 19.6 Å². The molecule has 1 aromatic carbocycles. The van der Waals surface area contributed by atoms with Crippen LogP contribution in [0.2, 0.25) is 0 Å². The summed E-state index contributed by atoms with van der Waals surface area (Å²) >= 11 is 0. The van der Waals surface area contributed by atoms with Crippen molar-refractivity contribution in [3.8, 4) is 0 Å². The maximum atomic E-state index is 12.6. The molecule has 0 bridgehead atoms. The van der Waals surface area contributed by atoms with Gasteiger partial charge in [-0.25, -0.2) is 4.98 Å². The van der Waals surface area contributed by atoms with Gasteiger partial charge < -0.3 is 14.6 Å². The first kappa shape index (κ1) is 18.2. The van der Waals surface area contributed by atoms with Gasteiger partial charge in [-0.15, -0.1) is 0 Å². The van der Waals surface area contributed by atoms with E-state index in [2.05, 4.69) is 10.3 Å². The predicted octanol–water partition coefficient (Wildman–Crippen LogP) is 2.62. The smallest absolute Gasteiger partial charge is 0.225 e. The van der Waals surface area contributed by atoms with E-state index < -0.39 is 0 Å². The number of pyridine rings is 1. The highest BCUT2D eigenvalue weighted by atomic mass is 16.2. The number of carbonyl (C=O) groups is 2. The summed E-state index contributed by atoms with van der Waals surface area (Å²) in [4.78, 5) is 31.1. The number of aromatic nitrogens is 2. The number of nitrogens with zero attached hydrogens (tertiary/aromatic N) is 3. The first-order valence-corrected chi connectivity index (χ1v) is 9.54. The van der Waals surface area contributed by atoms with Crippen molar-refractivity contribution in [2.45, 2.75) is 33.4 Å². The van der Waals surface area contributed by atoms with Gasteiger partial charge in [-0.05, 0) is 31.0 Å². The second-order valence-corrected chi connectivity index (χ2v) is 7.51. The first-order valence-electron chi connectivity index (χ1n) is 9.54. The van der Waals surface area contributed by atoms with Crippen LogP contribution in [0.1, 0.15) is 28.8 Å². The molecular formula is C22H24N4O2. The molecule has 0 radical (unpaired) electrons. The highest BCUT2D eigenvalue weighted by Gasteiger charge is 2.34. The van der Waals surface area contributed by atoms with Crippen LogP contribution in [0.3, 0.4) is 0 Å². The lowest BCUT2D eigenvalue weighted by molar-refractivity contribution is -0.129. The summed E-state index contributed by atoms with van der Waals surface area (Å²) in [5.41, 5.74) is 5.19. The Morgan fingerprint density at radius 1 is 1.21 bits per heavy atom. The lowest BCUT2D eigenvalue weighted by atomic mass is 10.1. The van der Waals surface area contributed by atoms with Gasteiger partial charge in [-0.2, -0.15) is 0 Å². The van der Waals surface area contributed by atoms with Crippen LogP contribution in [0.15, 0.2) is 48.8 Å². The van der Waals surface area contributed by atoms with Crippen molar-refractivity contribution in [3.05, 3.63) is 71.2 Å². The number of carbonyl (C=O) groups excluding carboxylic acids is 2. The summed E-state index contributed by atoms with van der Waals surface area (Å²) in [7, 11) is 0. The molecule has 2 amide bonds. The minimum atomic E-state index is -0.307. The number of amides is 2. The van der Waals surface area contributed by atoms with Crippen LogP contribution >= 0.6 is 0 Å². The second kappa shape index (κ2) is 7.46. The van der Waals surface area contributed by atoms with Crippen LogP contribution in [0.4, 0.5) is 0 Å². The summed E-state index contributed by atoms with van der Waals surface area (Å²) in [6, 6.07) is 12.1. The molecular weight excluding hydrogens is 352 g/mol. The molecule has 1 saturated heterocycles. The highest BCUT2D eigenvalue weighted by molar-refractivity contribution is 5.89. The van der Waals surface area contributed by atoms with Gasteiger partial charge in [-0.1, -0.05) is 35.9 Å². The zero-order valence-electron chi connectivity index (χ0n) is 16.2. The summed E-state index contributed by atoms with van der Waals surface area (Å²) in [5.74, 6) is -0.354. The van der Waals surface area contributed by atoms with E-state index in [1.165, 1.54) is 5.56 Å². The molecule has 0 aliphatic carbocycles. The Bertz CT molecular complexity index is 1020. The molecule has 1 N–H and O–H groups in total. The maximum Gasteiger partial charge on any atom is 0.225 e. The van der Waals surface area contributed by atoms with E-state index in [4.69, 9.17) is 0 Å². The van der Waals surface area contributed by atoms with Crippen LogP contribution in [-0.2, 0) is 22.7 Å². The van der Waals surface area contributed by atoms with Crippen molar-refractivity contribution in [2.24, 2.45) is 5.92 Å². The number of imidazole rings is 1. The third kappa shape index (κ3) is 3.63. The Kier molecular flexibility index (Phi) is 4.86. The standard InChI is InChI=1S/C22H24N4O2/c1-15-5-7-17(8-6-15)13-25-14-18(10-20(25)27)22(28)24-12-19-11-23-21-16(2)4-3-9-26(19)21/h3-9,11,18H,10,12-14H2,1-2H3,(H,24,28)/t18-/m0/s1. The quantitative estimate of drug-likeness (QED) is 0.744. The molecule has 4 rings (SSSR count). The van der Waals surface area contributed by atoms with Gasteiger partial charge in [0, 0.05) is 25.7 Å². The number of aryl methyl sites for hydroxylation is 2. The van der Waals surface area contributed by atoms with Crippen LogP contribution in [0.5, 0.6) is 0 Å². The Morgan fingerprint density at radius 2 is 2.00 bits per heavy atom. The number of fused-ring (bicyclic) bond motifs is 1. The van der Waals surface area contributed by atoms with Gasteiger partial charge in [0.1, 0.15) is 5.65 Å². The molecule has 28 heavy (non-hydrogen) atoms. The van der Waals surface area contributed by atoms with Crippen molar-refractivity contribution in [3.63, 3.8) is 0 Å². The molecule has 6 heteroatoms. The zero-order valence-corrected chi connectivity index (χ0v) is 16.2. The van der Waals surface area contributed by atoms with E-state index in [1.807, 2.05) is 60.8 Å². The number of benzene rings is 1. The Labute approximate surface area is 164 Å². The third-order valence-corrected chi connectivity index (χ3v) is 5.33. The molecule has 0 spiro atoms. The molecule has 1 atom stereocenters. The minimum absolute atomic E-state index is 0.0335. The van der Waals surface area contributed by atoms with Crippen LogP contribution < -0.4 is 5.32 Å². The van der Waals surface area contributed by atoms with Gasteiger partial charge in [0.25, 0.3) is 0 Å². The lowest BCUT2D eigenvalue weighted by Crippen LogP contribution is -2.32. The second-order valence-electron chi connectivity index (χ2n) is 7.51. The number of rotatable bonds is 5. The SMILES string of the molecule is Cc1ccc(CN2C[C@@H](C(=O)NCc3cnc4c(C)cccn34)CC2=O)cc1. The fraction of sp³-hybridized carbons (Fsp3) is 0.318. The Morgan fingerprint density at radius 3 is 2.79 bits per heavy atom. The van der Waals surface area contributed by atoms with Crippen molar-refractivity contribution in [2.75, 3.05) is 6.54 Å². The number of hydrogen-bond acceptors (Lipinski definition) is 3. The number of nitrogens with one attached hydrogen (secondary N) is 1. The normalized spacial score (nSPS) is 16.7. The van der Waals surface area contributed by atoms with Crippen molar-refractivity contribution in [1.29, 1.82) is 0 Å². The Hall–Kier alpha value is -3.15. The van der Waals surface area contributed by atoms with E-state index in [0.717, 1.165) is 22.5 Å². The topological polar surface area (TPSA) is 66.7 Å². The van der Waals surface area contributed by atoms with Crippen LogP contribution in [-0.4, -0.2) is 32.6 Å². The fourth-order valence-corrected chi connectivity index (χ4v) is 3.67. The first-order chi connectivity index (χ1) is 13.5. The summed E-state index contributed by atoms with van der Waals surface area (Å²) in [5, 5.41) is 2.97. The molecule has 6 nitrogen and oxygen atoms in total. The lowest BCUT2D eigenvalue weighted by Gasteiger charge is -2.17. The molecule has 3 aromatic rings. The van der Waals surface area contributed by atoms with Gasteiger partial charge in [0.05, 0.1) is 24.4 Å². The highest BCUT2D eigenvalue weighted by Crippen LogP contribution is 2.21. The molecule has 1 aliphatic heterocycles. The molecule has 3 heterocycles. The van der Waals surface area contributed by atoms with E-state index >= 15 is 0 Å². The molecule has 0 unspecified atom stereocenters. The fourth-order valence-electron chi connectivity index (χ4n) is 3.67. The average molecular weight is 376 g/mol. The summed E-state index contributed by atoms with van der Waals surface area (Å²) in [6.45, 7) is 5.46. The molecule has 1 fully saturated rings. The molecule has 1 aliphatic rings. The molecule has 144 valence electrons. The van der Waals surface area contributed by atoms with E-state index in [9.17, 15) is 9.59 Å². The maximum absolute atomic E-state index is 12.6. The van der Waals surface area contributed by atoms with Crippen LogP contribution in [0, 0.1) is 19.8 Å². The van der Waals surface area contributed by atoms with Gasteiger partial charge in [0.2, 0.25) is 11.8 Å². The zero-order chi connectivity index (χ0) is 19.7. The van der Waals surface area contributed by atoms with Crippen molar-refractivity contribution < 1.29 is 9.59 Å². The van der Waals surface area contributed by atoms with E-state index in [1.54, 1.807) is 11.1 Å². The van der Waals surface area contributed by atoms with Crippen molar-refractivity contribution in [1.82, 2.24) is 19.6 Å². The van der Waals surface area contributed by atoms with Gasteiger partial charge in [0.15, 0.2) is 0 Å². The van der Waals surface area contributed by atoms with Crippen molar-refractivity contribution >= 4 is 17.5 Å².